The summed E-state index contributed by atoms with van der Waals surface area (Å²) in [6, 6.07) is 7.22. The van der Waals surface area contributed by atoms with Gasteiger partial charge in [0.2, 0.25) is 11.8 Å². The maximum atomic E-state index is 13.4. The lowest BCUT2D eigenvalue weighted by atomic mass is 9.80. The zero-order valence-corrected chi connectivity index (χ0v) is 17.2. The second-order valence-electron chi connectivity index (χ2n) is 8.78. The van der Waals surface area contributed by atoms with Crippen LogP contribution in [0.4, 0.5) is 10.5 Å². The van der Waals surface area contributed by atoms with Gasteiger partial charge in [-0.15, -0.1) is 0 Å². The van der Waals surface area contributed by atoms with Crippen LogP contribution in [-0.4, -0.2) is 46.3 Å². The molecule has 3 aliphatic rings. The van der Waals surface area contributed by atoms with Gasteiger partial charge in [-0.3, -0.25) is 14.5 Å². The number of hydrogen-bond acceptors (Lipinski definition) is 3. The summed E-state index contributed by atoms with van der Waals surface area (Å²) in [7, 11) is 0. The van der Waals surface area contributed by atoms with Crippen molar-refractivity contribution in [3.8, 4) is 0 Å². The highest BCUT2D eigenvalue weighted by Crippen LogP contribution is 2.37. The van der Waals surface area contributed by atoms with Crippen molar-refractivity contribution in [2.75, 3.05) is 11.9 Å². The van der Waals surface area contributed by atoms with Gasteiger partial charge < -0.3 is 10.2 Å². The molecule has 1 N–H and O–H groups in total. The molecule has 156 valence electrons. The molecule has 1 aromatic rings. The zero-order chi connectivity index (χ0) is 20.4. The van der Waals surface area contributed by atoms with Crippen LogP contribution in [0.25, 0.3) is 0 Å². The fraction of sp³-hybridized carbons (Fsp3) is 0.609. The maximum Gasteiger partial charge on any atom is 0.327 e. The first-order valence-corrected chi connectivity index (χ1v) is 11.0. The summed E-state index contributed by atoms with van der Waals surface area (Å²) in [5, 5.41) is 2.90. The van der Waals surface area contributed by atoms with Crippen molar-refractivity contribution in [3.63, 3.8) is 0 Å². The normalized spacial score (nSPS) is 25.7. The summed E-state index contributed by atoms with van der Waals surface area (Å²) in [4.78, 5) is 42.5. The summed E-state index contributed by atoms with van der Waals surface area (Å²) in [6.45, 7) is 2.00. The number of nitrogens with one attached hydrogen (secondary N) is 1. The Morgan fingerprint density at radius 1 is 0.966 bits per heavy atom. The van der Waals surface area contributed by atoms with E-state index in [1.54, 1.807) is 4.90 Å². The van der Waals surface area contributed by atoms with Crippen LogP contribution in [0, 0.1) is 12.8 Å². The Hall–Kier alpha value is -2.37. The van der Waals surface area contributed by atoms with Crippen molar-refractivity contribution in [1.82, 2.24) is 9.80 Å². The number of amides is 4. The van der Waals surface area contributed by atoms with Crippen LogP contribution in [0.15, 0.2) is 24.3 Å². The lowest BCUT2D eigenvalue weighted by Gasteiger charge is -2.49. The first kappa shape index (κ1) is 19.9. The van der Waals surface area contributed by atoms with Gasteiger partial charge in [-0.2, -0.15) is 0 Å². The molecule has 2 atom stereocenters. The lowest BCUT2D eigenvalue weighted by molar-refractivity contribution is -0.144. The summed E-state index contributed by atoms with van der Waals surface area (Å²) < 4.78 is 0. The molecule has 1 heterocycles. The fourth-order valence-corrected chi connectivity index (χ4v) is 5.18. The molecule has 0 radical (unpaired) electrons. The van der Waals surface area contributed by atoms with Crippen molar-refractivity contribution < 1.29 is 14.4 Å². The van der Waals surface area contributed by atoms with E-state index in [0.29, 0.717) is 0 Å². The number of imide groups is 1. The predicted octanol–water partition coefficient (Wildman–Crippen LogP) is 4.09. The van der Waals surface area contributed by atoms with Crippen molar-refractivity contribution in [3.05, 3.63) is 29.8 Å². The van der Waals surface area contributed by atoms with Crippen LogP contribution < -0.4 is 5.32 Å². The second kappa shape index (κ2) is 8.56. The average Bonchev–Trinajstić information content (AvgIpc) is 2.74. The Morgan fingerprint density at radius 2 is 1.62 bits per heavy atom. The van der Waals surface area contributed by atoms with Gasteiger partial charge in [0.15, 0.2) is 0 Å². The molecule has 2 saturated carbocycles. The molecule has 0 bridgehead atoms. The van der Waals surface area contributed by atoms with Crippen molar-refractivity contribution in [1.29, 1.82) is 0 Å². The quantitative estimate of drug-likeness (QED) is 0.832. The van der Waals surface area contributed by atoms with Crippen molar-refractivity contribution in [2.24, 2.45) is 5.92 Å². The molecule has 6 nitrogen and oxygen atoms in total. The molecule has 1 saturated heterocycles. The number of urea groups is 1. The number of hydrogen-bond donors (Lipinski definition) is 1. The van der Waals surface area contributed by atoms with Gasteiger partial charge in [-0.25, -0.2) is 4.79 Å². The highest BCUT2D eigenvalue weighted by atomic mass is 16.2. The third kappa shape index (κ3) is 4.16. The Bertz CT molecular complexity index is 770. The van der Waals surface area contributed by atoms with E-state index in [1.807, 2.05) is 31.2 Å². The monoisotopic (exact) mass is 397 g/mol. The molecule has 1 aromatic carbocycles. The number of nitrogens with zero attached hydrogens (tertiary/aromatic N) is 2. The lowest BCUT2D eigenvalue weighted by Crippen LogP contribution is -2.65. The minimum atomic E-state index is -0.260. The van der Waals surface area contributed by atoms with Gasteiger partial charge in [0, 0.05) is 17.8 Å². The molecular formula is C23H31N3O3. The SMILES string of the molecule is Cc1ccc(NC(=O)CN2C(=O)N(C3CCCCC3)C(=O)C3CCCCC32)cc1. The Kier molecular flexibility index (Phi) is 5.88. The molecule has 3 fully saturated rings. The van der Waals surface area contributed by atoms with Crippen LogP contribution in [0.2, 0.25) is 0 Å². The van der Waals surface area contributed by atoms with Gasteiger partial charge in [0.1, 0.15) is 6.54 Å². The largest absolute Gasteiger partial charge is 0.327 e. The van der Waals surface area contributed by atoms with Crippen LogP contribution in [0.3, 0.4) is 0 Å². The van der Waals surface area contributed by atoms with Crippen molar-refractivity contribution in [2.45, 2.75) is 76.8 Å². The predicted molar refractivity (Wildman–Crippen MR) is 111 cm³/mol. The number of fused-ring (bicyclic) bond motifs is 1. The minimum Gasteiger partial charge on any atom is -0.325 e. The number of aryl methyl sites for hydroxylation is 1. The number of carbonyl (C=O) groups is 3. The van der Waals surface area contributed by atoms with E-state index >= 15 is 0 Å². The number of carbonyl (C=O) groups excluding carboxylic acids is 3. The highest BCUT2D eigenvalue weighted by molar-refractivity contribution is 6.01. The third-order valence-corrected chi connectivity index (χ3v) is 6.73. The molecule has 6 heteroatoms. The standard InChI is InChI=1S/C23H31N3O3/c1-16-11-13-17(14-12-16)24-21(27)15-25-20-10-6-5-9-19(20)22(28)26(23(25)29)18-7-3-2-4-8-18/h11-14,18-20H,2-10,15H2,1H3,(H,24,27). The molecule has 4 amide bonds. The van der Waals surface area contributed by atoms with Crippen LogP contribution >= 0.6 is 0 Å². The Balaban J connectivity index is 1.52. The van der Waals surface area contributed by atoms with Crippen molar-refractivity contribution >= 4 is 23.5 Å². The summed E-state index contributed by atoms with van der Waals surface area (Å²) in [5.74, 6) is -0.359. The van der Waals surface area contributed by atoms with E-state index < -0.39 is 0 Å². The third-order valence-electron chi connectivity index (χ3n) is 6.73. The minimum absolute atomic E-state index is 0.00166. The first-order valence-electron chi connectivity index (χ1n) is 11.0. The van der Waals surface area contributed by atoms with E-state index in [2.05, 4.69) is 5.32 Å². The number of benzene rings is 1. The van der Waals surface area contributed by atoms with E-state index in [-0.39, 0.29) is 42.4 Å². The molecule has 4 rings (SSSR count). The van der Waals surface area contributed by atoms with Gasteiger partial charge in [0.05, 0.1) is 5.92 Å². The molecule has 2 aliphatic carbocycles. The van der Waals surface area contributed by atoms with Gasteiger partial charge in [-0.05, 0) is 44.7 Å². The number of rotatable bonds is 4. The van der Waals surface area contributed by atoms with E-state index in [1.165, 1.54) is 11.3 Å². The van der Waals surface area contributed by atoms with Gasteiger partial charge >= 0.3 is 6.03 Å². The molecule has 29 heavy (non-hydrogen) atoms. The first-order chi connectivity index (χ1) is 14.0. The Labute approximate surface area is 172 Å². The molecule has 0 aromatic heterocycles. The van der Waals surface area contributed by atoms with Gasteiger partial charge in [-0.1, -0.05) is 49.8 Å². The topological polar surface area (TPSA) is 69.7 Å². The smallest absolute Gasteiger partial charge is 0.325 e. The summed E-state index contributed by atoms with van der Waals surface area (Å²) in [5.41, 5.74) is 1.85. The summed E-state index contributed by atoms with van der Waals surface area (Å²) in [6.07, 6.45) is 8.70. The van der Waals surface area contributed by atoms with E-state index in [4.69, 9.17) is 0 Å². The molecule has 0 spiro atoms. The Morgan fingerprint density at radius 3 is 2.34 bits per heavy atom. The van der Waals surface area contributed by atoms with E-state index in [9.17, 15) is 14.4 Å². The van der Waals surface area contributed by atoms with Crippen LogP contribution in [0.1, 0.15) is 63.4 Å². The molecular weight excluding hydrogens is 366 g/mol. The zero-order valence-electron chi connectivity index (χ0n) is 17.2. The molecule has 2 unspecified atom stereocenters. The molecule has 1 aliphatic heterocycles. The van der Waals surface area contributed by atoms with Crippen LogP contribution in [0.5, 0.6) is 0 Å². The summed E-state index contributed by atoms with van der Waals surface area (Å²) >= 11 is 0. The van der Waals surface area contributed by atoms with Crippen LogP contribution in [-0.2, 0) is 9.59 Å². The van der Waals surface area contributed by atoms with Gasteiger partial charge in [0.25, 0.3) is 0 Å². The second-order valence-corrected chi connectivity index (χ2v) is 8.78. The fourth-order valence-electron chi connectivity index (χ4n) is 5.18. The maximum absolute atomic E-state index is 13.4. The average molecular weight is 398 g/mol. The number of anilines is 1. The van der Waals surface area contributed by atoms with E-state index in [0.717, 1.165) is 62.6 Å². The highest BCUT2D eigenvalue weighted by Gasteiger charge is 2.49.